The number of rotatable bonds is 2. The molecule has 0 radical (unpaired) electrons. The largest absolute Gasteiger partial charge is 0.468 e. The normalized spacial score (nSPS) is 32.0. The van der Waals surface area contributed by atoms with E-state index < -0.39 is 17.4 Å². The molecule has 1 aromatic rings. The lowest BCUT2D eigenvalue weighted by Gasteiger charge is -2.54. The van der Waals surface area contributed by atoms with Gasteiger partial charge in [0.15, 0.2) is 5.41 Å². The Bertz CT molecular complexity index is 706. The van der Waals surface area contributed by atoms with Crippen molar-refractivity contribution in [2.45, 2.75) is 44.4 Å². The molecular formula is C20H22O4. The molecule has 0 spiro atoms. The van der Waals surface area contributed by atoms with Gasteiger partial charge in [-0.1, -0.05) is 36.8 Å². The Morgan fingerprint density at radius 3 is 2.67 bits per heavy atom. The Balaban J connectivity index is 1.81. The van der Waals surface area contributed by atoms with Crippen LogP contribution in [0.25, 0.3) is 0 Å². The van der Waals surface area contributed by atoms with Gasteiger partial charge in [-0.15, -0.1) is 0 Å². The number of hydrogen-bond acceptors (Lipinski definition) is 4. The van der Waals surface area contributed by atoms with Crippen LogP contribution < -0.4 is 0 Å². The Kier molecular flexibility index (Phi) is 3.70. The van der Waals surface area contributed by atoms with Crippen molar-refractivity contribution < 1.29 is 19.1 Å². The van der Waals surface area contributed by atoms with Crippen molar-refractivity contribution in [3.63, 3.8) is 0 Å². The van der Waals surface area contributed by atoms with E-state index in [-0.39, 0.29) is 11.8 Å². The maximum atomic E-state index is 12.8. The zero-order valence-electron chi connectivity index (χ0n) is 13.9. The maximum absolute atomic E-state index is 12.8. The van der Waals surface area contributed by atoms with E-state index in [1.165, 1.54) is 18.2 Å². The molecule has 0 bridgehead atoms. The Morgan fingerprint density at radius 2 is 1.92 bits per heavy atom. The molecule has 3 aliphatic rings. The molecule has 4 rings (SSSR count). The number of ether oxygens (including phenoxy) is 2. The summed E-state index contributed by atoms with van der Waals surface area (Å²) in [6, 6.07) is 10.2. The van der Waals surface area contributed by atoms with Gasteiger partial charge in [0.25, 0.3) is 0 Å². The SMILES string of the molecule is COC(=O)[C@@]12C[C@H](c3ccccc3)[C@@H]1C1=C(CCCCC1)OC2=O. The van der Waals surface area contributed by atoms with Crippen LogP contribution in [0.5, 0.6) is 0 Å². The molecular weight excluding hydrogens is 304 g/mol. The van der Waals surface area contributed by atoms with Crippen molar-refractivity contribution in [1.29, 1.82) is 0 Å². The van der Waals surface area contributed by atoms with E-state index in [1.807, 2.05) is 18.2 Å². The molecule has 0 N–H and O–H groups in total. The van der Waals surface area contributed by atoms with Crippen molar-refractivity contribution in [2.24, 2.45) is 11.3 Å². The molecule has 2 aliphatic carbocycles. The first kappa shape index (κ1) is 15.4. The first-order valence-electron chi connectivity index (χ1n) is 8.76. The van der Waals surface area contributed by atoms with Crippen LogP contribution >= 0.6 is 0 Å². The fourth-order valence-corrected chi connectivity index (χ4v) is 4.74. The number of hydrogen-bond donors (Lipinski definition) is 0. The van der Waals surface area contributed by atoms with Gasteiger partial charge in [0, 0.05) is 12.3 Å². The summed E-state index contributed by atoms with van der Waals surface area (Å²) in [7, 11) is 1.36. The summed E-state index contributed by atoms with van der Waals surface area (Å²) in [4.78, 5) is 25.3. The minimum absolute atomic E-state index is 0.110. The van der Waals surface area contributed by atoms with Gasteiger partial charge >= 0.3 is 11.9 Å². The number of benzene rings is 1. The summed E-state index contributed by atoms with van der Waals surface area (Å²) in [6.07, 6.45) is 5.46. The third-order valence-corrected chi connectivity index (χ3v) is 5.92. The van der Waals surface area contributed by atoms with Gasteiger partial charge in [0.1, 0.15) is 5.76 Å². The van der Waals surface area contributed by atoms with Crippen LogP contribution in [0.4, 0.5) is 0 Å². The van der Waals surface area contributed by atoms with Crippen molar-refractivity contribution in [3.8, 4) is 0 Å². The van der Waals surface area contributed by atoms with Crippen LogP contribution in [-0.2, 0) is 19.1 Å². The minimum Gasteiger partial charge on any atom is -0.468 e. The maximum Gasteiger partial charge on any atom is 0.329 e. The van der Waals surface area contributed by atoms with Crippen LogP contribution in [0.1, 0.15) is 50.0 Å². The van der Waals surface area contributed by atoms with Crippen LogP contribution in [0, 0.1) is 11.3 Å². The van der Waals surface area contributed by atoms with E-state index in [0.717, 1.165) is 37.9 Å². The fourth-order valence-electron chi connectivity index (χ4n) is 4.74. The smallest absolute Gasteiger partial charge is 0.329 e. The van der Waals surface area contributed by atoms with Crippen molar-refractivity contribution in [1.82, 2.24) is 0 Å². The van der Waals surface area contributed by atoms with Gasteiger partial charge in [-0.05, 0) is 42.7 Å². The summed E-state index contributed by atoms with van der Waals surface area (Å²) in [6.45, 7) is 0. The third-order valence-electron chi connectivity index (χ3n) is 5.92. The highest BCUT2D eigenvalue weighted by atomic mass is 16.6. The average molecular weight is 326 g/mol. The molecule has 126 valence electrons. The zero-order chi connectivity index (χ0) is 16.7. The molecule has 1 aromatic carbocycles. The summed E-state index contributed by atoms with van der Waals surface area (Å²) >= 11 is 0. The molecule has 0 unspecified atom stereocenters. The molecule has 4 nitrogen and oxygen atoms in total. The van der Waals surface area contributed by atoms with Crippen LogP contribution in [0.2, 0.25) is 0 Å². The molecule has 1 saturated carbocycles. The van der Waals surface area contributed by atoms with Crippen molar-refractivity contribution >= 4 is 11.9 Å². The van der Waals surface area contributed by atoms with E-state index in [0.29, 0.717) is 6.42 Å². The van der Waals surface area contributed by atoms with Crippen LogP contribution in [0.15, 0.2) is 41.7 Å². The molecule has 1 fully saturated rings. The fraction of sp³-hybridized carbons (Fsp3) is 0.500. The van der Waals surface area contributed by atoms with Gasteiger partial charge in [-0.25, -0.2) is 0 Å². The van der Waals surface area contributed by atoms with E-state index in [4.69, 9.17) is 9.47 Å². The number of allylic oxidation sites excluding steroid dienone is 2. The van der Waals surface area contributed by atoms with E-state index in [9.17, 15) is 9.59 Å². The second-order valence-corrected chi connectivity index (χ2v) is 7.06. The first-order valence-corrected chi connectivity index (χ1v) is 8.76. The summed E-state index contributed by atoms with van der Waals surface area (Å²) in [5.41, 5.74) is 1.23. The highest BCUT2D eigenvalue weighted by Crippen LogP contribution is 2.64. The van der Waals surface area contributed by atoms with E-state index in [1.54, 1.807) is 0 Å². The molecule has 1 heterocycles. The average Bonchev–Trinajstić information content (AvgIpc) is 2.80. The predicted octanol–water partition coefficient (Wildman–Crippen LogP) is 3.72. The zero-order valence-corrected chi connectivity index (χ0v) is 13.9. The van der Waals surface area contributed by atoms with Gasteiger partial charge in [-0.3, -0.25) is 9.59 Å². The summed E-state index contributed by atoms with van der Waals surface area (Å²) in [5.74, 6) is 0.0401. The highest BCUT2D eigenvalue weighted by molar-refractivity contribution is 6.03. The quantitative estimate of drug-likeness (QED) is 0.614. The highest BCUT2D eigenvalue weighted by Gasteiger charge is 2.69. The van der Waals surface area contributed by atoms with Crippen molar-refractivity contribution in [3.05, 3.63) is 47.2 Å². The number of fused-ring (bicyclic) bond motifs is 2. The van der Waals surface area contributed by atoms with E-state index >= 15 is 0 Å². The summed E-state index contributed by atoms with van der Waals surface area (Å²) < 4.78 is 10.7. The lowest BCUT2D eigenvalue weighted by molar-refractivity contribution is -0.187. The Labute approximate surface area is 141 Å². The first-order chi connectivity index (χ1) is 11.7. The molecule has 4 heteroatoms. The molecule has 1 aliphatic heterocycles. The second kappa shape index (κ2) is 5.76. The molecule has 0 saturated heterocycles. The number of methoxy groups -OCH3 is 1. The molecule has 0 amide bonds. The Morgan fingerprint density at radius 1 is 1.17 bits per heavy atom. The van der Waals surface area contributed by atoms with Crippen LogP contribution in [0.3, 0.4) is 0 Å². The lowest BCUT2D eigenvalue weighted by Crippen LogP contribution is -2.60. The number of carbonyl (C=O) groups is 2. The van der Waals surface area contributed by atoms with Gasteiger partial charge in [-0.2, -0.15) is 0 Å². The van der Waals surface area contributed by atoms with Gasteiger partial charge < -0.3 is 9.47 Å². The van der Waals surface area contributed by atoms with Gasteiger partial charge in [0.05, 0.1) is 7.11 Å². The van der Waals surface area contributed by atoms with Crippen LogP contribution in [-0.4, -0.2) is 19.0 Å². The monoisotopic (exact) mass is 326 g/mol. The molecule has 0 aromatic heterocycles. The molecule has 3 atom stereocenters. The third kappa shape index (κ3) is 2.05. The lowest BCUT2D eigenvalue weighted by atomic mass is 9.48. The minimum atomic E-state index is -1.14. The number of carbonyl (C=O) groups excluding carboxylic acids is 2. The standard InChI is InChI=1S/C20H22O4/c1-23-18(21)20-12-15(13-8-4-2-5-9-13)17(20)14-10-6-3-7-11-16(14)24-19(20)22/h2,4-5,8-9,15,17H,3,6-7,10-12H2,1H3/t15-,17+,20-/m1/s1. The summed E-state index contributed by atoms with van der Waals surface area (Å²) in [5, 5.41) is 0. The van der Waals surface area contributed by atoms with Crippen molar-refractivity contribution in [2.75, 3.05) is 7.11 Å². The Hall–Kier alpha value is -2.10. The predicted molar refractivity (Wildman–Crippen MR) is 87.9 cm³/mol. The van der Waals surface area contributed by atoms with E-state index in [2.05, 4.69) is 12.1 Å². The number of esters is 2. The second-order valence-electron chi connectivity index (χ2n) is 7.06. The van der Waals surface area contributed by atoms with Gasteiger partial charge in [0.2, 0.25) is 0 Å². The topological polar surface area (TPSA) is 52.6 Å². The molecule has 24 heavy (non-hydrogen) atoms.